The van der Waals surface area contributed by atoms with Crippen molar-refractivity contribution in [2.45, 2.75) is 39.0 Å². The highest BCUT2D eigenvalue weighted by molar-refractivity contribution is 6.45. The minimum absolute atomic E-state index is 0.0532. The van der Waals surface area contributed by atoms with Gasteiger partial charge in [-0.3, -0.25) is 4.79 Å². The number of aliphatic hydroxyl groups is 2. The van der Waals surface area contributed by atoms with Crippen molar-refractivity contribution in [3.05, 3.63) is 0 Å². The maximum absolute atomic E-state index is 11.7. The second-order valence-corrected chi connectivity index (χ2v) is 4.63. The second-order valence-electron chi connectivity index (χ2n) is 4.63. The summed E-state index contributed by atoms with van der Waals surface area (Å²) in [5, 5.41) is 23.7. The number of hydrogen-bond acceptors (Lipinski definition) is 6. The van der Waals surface area contributed by atoms with Gasteiger partial charge in [0.25, 0.3) is 0 Å². The number of ether oxygens (including phenoxy) is 1. The lowest BCUT2D eigenvalue weighted by atomic mass is 10.1. The zero-order valence-electron chi connectivity index (χ0n) is 10.2. The van der Waals surface area contributed by atoms with Gasteiger partial charge in [-0.1, -0.05) is 0 Å². The summed E-state index contributed by atoms with van der Waals surface area (Å²) in [6.07, 6.45) is 0. The van der Waals surface area contributed by atoms with Gasteiger partial charge in [-0.2, -0.15) is 5.10 Å². The van der Waals surface area contributed by atoms with Gasteiger partial charge < -0.3 is 14.9 Å². The van der Waals surface area contributed by atoms with Gasteiger partial charge in [-0.05, 0) is 27.7 Å². The summed E-state index contributed by atoms with van der Waals surface area (Å²) in [6, 6.07) is 0. The maximum Gasteiger partial charge on any atom is 0.360 e. The van der Waals surface area contributed by atoms with Crippen molar-refractivity contribution in [1.82, 2.24) is 5.01 Å². The molecular formula is C10H16N2O5. The number of esters is 1. The van der Waals surface area contributed by atoms with Crippen LogP contribution >= 0.6 is 0 Å². The molecule has 7 nitrogen and oxygen atoms in total. The molecule has 0 fully saturated rings. The Hall–Kier alpha value is -1.47. The molecule has 1 rings (SSSR count). The van der Waals surface area contributed by atoms with Crippen molar-refractivity contribution in [2.24, 2.45) is 5.10 Å². The Balaban J connectivity index is 3.12. The molecule has 17 heavy (non-hydrogen) atoms. The van der Waals surface area contributed by atoms with Gasteiger partial charge in [0.2, 0.25) is 5.71 Å². The van der Waals surface area contributed by atoms with E-state index in [1.807, 2.05) is 0 Å². The van der Waals surface area contributed by atoms with Crippen molar-refractivity contribution >= 4 is 17.6 Å². The van der Waals surface area contributed by atoms with Crippen molar-refractivity contribution < 1.29 is 24.5 Å². The molecule has 1 amide bonds. The second kappa shape index (κ2) is 4.08. The predicted octanol–water partition coefficient (Wildman–Crippen LogP) is -0.773. The molecule has 1 aliphatic heterocycles. The highest BCUT2D eigenvalue weighted by Gasteiger charge is 2.55. The van der Waals surface area contributed by atoms with Gasteiger partial charge in [0, 0.05) is 0 Å². The van der Waals surface area contributed by atoms with Crippen LogP contribution in [0.4, 0.5) is 0 Å². The summed E-state index contributed by atoms with van der Waals surface area (Å²) in [5.41, 5.74) is -1.47. The Morgan fingerprint density at radius 3 is 2.35 bits per heavy atom. The van der Waals surface area contributed by atoms with Gasteiger partial charge in [-0.15, -0.1) is 0 Å². The predicted molar refractivity (Wildman–Crippen MR) is 57.8 cm³/mol. The molecular weight excluding hydrogens is 228 g/mol. The zero-order chi connectivity index (χ0) is 13.4. The van der Waals surface area contributed by atoms with Crippen LogP contribution < -0.4 is 0 Å². The van der Waals surface area contributed by atoms with E-state index in [0.29, 0.717) is 0 Å². The highest BCUT2D eigenvalue weighted by Crippen LogP contribution is 2.26. The van der Waals surface area contributed by atoms with Crippen LogP contribution in [-0.4, -0.2) is 50.7 Å². The van der Waals surface area contributed by atoms with Gasteiger partial charge in [-0.25, -0.2) is 9.80 Å². The van der Waals surface area contributed by atoms with Crippen molar-refractivity contribution in [1.29, 1.82) is 0 Å². The quantitative estimate of drug-likeness (QED) is 0.490. The first-order valence-corrected chi connectivity index (χ1v) is 5.18. The van der Waals surface area contributed by atoms with Crippen LogP contribution in [0.15, 0.2) is 5.10 Å². The molecule has 96 valence electrons. The fraction of sp³-hybridized carbons (Fsp3) is 0.700. The number of rotatable bonds is 2. The molecule has 1 heterocycles. The van der Waals surface area contributed by atoms with Crippen LogP contribution in [-0.2, 0) is 14.3 Å². The van der Waals surface area contributed by atoms with Crippen molar-refractivity contribution in [2.75, 3.05) is 6.61 Å². The number of nitrogens with zero attached hydrogens (tertiary/aromatic N) is 2. The topological polar surface area (TPSA) is 99.4 Å². The van der Waals surface area contributed by atoms with Gasteiger partial charge >= 0.3 is 17.7 Å². The Morgan fingerprint density at radius 1 is 1.47 bits per heavy atom. The molecule has 0 aliphatic carbocycles. The van der Waals surface area contributed by atoms with Crippen LogP contribution in [0.25, 0.3) is 0 Å². The maximum atomic E-state index is 11.7. The van der Waals surface area contributed by atoms with Gasteiger partial charge in [0.1, 0.15) is 0 Å². The standard InChI is InChI=1S/C10H16N2O5/c1-5-17-7(13)6-10(15,16)8(14)12(11-6)9(2,3)4/h15-16H,5H2,1-4H3. The van der Waals surface area contributed by atoms with Crippen LogP contribution in [0.5, 0.6) is 0 Å². The van der Waals surface area contributed by atoms with Gasteiger partial charge in [0.15, 0.2) is 0 Å². The minimum Gasteiger partial charge on any atom is -0.461 e. The third kappa shape index (κ3) is 2.29. The van der Waals surface area contributed by atoms with Crippen LogP contribution in [0.2, 0.25) is 0 Å². The molecule has 0 atom stereocenters. The number of carbonyl (C=O) groups is 2. The summed E-state index contributed by atoms with van der Waals surface area (Å²) in [4.78, 5) is 23.1. The lowest BCUT2D eigenvalue weighted by Gasteiger charge is -2.28. The van der Waals surface area contributed by atoms with E-state index in [4.69, 9.17) is 0 Å². The van der Waals surface area contributed by atoms with Crippen LogP contribution in [0.1, 0.15) is 27.7 Å². The molecule has 0 saturated heterocycles. The van der Waals surface area contributed by atoms with E-state index >= 15 is 0 Å². The number of hydrogen-bond donors (Lipinski definition) is 2. The van der Waals surface area contributed by atoms with Crippen LogP contribution in [0.3, 0.4) is 0 Å². The SMILES string of the molecule is CCOC(=O)C1=NN(C(C)(C)C)C(=O)C1(O)O. The summed E-state index contributed by atoms with van der Waals surface area (Å²) >= 11 is 0. The van der Waals surface area contributed by atoms with Crippen molar-refractivity contribution in [3.63, 3.8) is 0 Å². The van der Waals surface area contributed by atoms with E-state index in [2.05, 4.69) is 9.84 Å². The monoisotopic (exact) mass is 244 g/mol. The third-order valence-corrected chi connectivity index (χ3v) is 2.12. The normalized spacial score (nSPS) is 19.3. The zero-order valence-corrected chi connectivity index (χ0v) is 10.2. The molecule has 0 aromatic rings. The fourth-order valence-electron chi connectivity index (χ4n) is 1.30. The molecule has 0 saturated carbocycles. The third-order valence-electron chi connectivity index (χ3n) is 2.12. The first-order chi connectivity index (χ1) is 7.62. The molecule has 7 heteroatoms. The minimum atomic E-state index is -2.92. The van der Waals surface area contributed by atoms with Crippen LogP contribution in [0, 0.1) is 0 Å². The van der Waals surface area contributed by atoms with E-state index in [1.54, 1.807) is 27.7 Å². The Morgan fingerprint density at radius 2 is 2.00 bits per heavy atom. The largest absolute Gasteiger partial charge is 0.461 e. The lowest BCUT2D eigenvalue weighted by molar-refractivity contribution is -0.174. The average Bonchev–Trinajstić information content (AvgIpc) is 2.38. The van der Waals surface area contributed by atoms with E-state index in [1.165, 1.54) is 0 Å². The molecule has 0 aromatic heterocycles. The summed E-state index contributed by atoms with van der Waals surface area (Å²) in [5.74, 6) is -5.00. The van der Waals surface area contributed by atoms with E-state index in [-0.39, 0.29) is 6.61 Å². The number of amides is 1. The average molecular weight is 244 g/mol. The lowest BCUT2D eigenvalue weighted by Crippen LogP contribution is -2.52. The molecule has 0 bridgehead atoms. The first kappa shape index (κ1) is 13.6. The van der Waals surface area contributed by atoms with Crippen molar-refractivity contribution in [3.8, 4) is 0 Å². The molecule has 2 N–H and O–H groups in total. The van der Waals surface area contributed by atoms with E-state index in [9.17, 15) is 19.8 Å². The summed E-state index contributed by atoms with van der Waals surface area (Å²) in [6.45, 7) is 6.57. The van der Waals surface area contributed by atoms with Gasteiger partial charge in [0.05, 0.1) is 12.1 Å². The summed E-state index contributed by atoms with van der Waals surface area (Å²) < 4.78 is 4.60. The van der Waals surface area contributed by atoms with E-state index in [0.717, 1.165) is 5.01 Å². The number of hydrazone groups is 1. The molecule has 0 radical (unpaired) electrons. The number of carbonyl (C=O) groups excluding carboxylic acids is 2. The fourth-order valence-corrected chi connectivity index (χ4v) is 1.30. The Bertz CT molecular complexity index is 381. The smallest absolute Gasteiger partial charge is 0.360 e. The highest BCUT2D eigenvalue weighted by atomic mass is 16.6. The Kier molecular flexibility index (Phi) is 3.26. The molecule has 0 unspecified atom stereocenters. The molecule has 1 aliphatic rings. The summed E-state index contributed by atoms with van der Waals surface area (Å²) in [7, 11) is 0. The molecule has 0 spiro atoms. The van der Waals surface area contributed by atoms with E-state index < -0.39 is 28.9 Å². The first-order valence-electron chi connectivity index (χ1n) is 5.18. The molecule has 0 aromatic carbocycles. The Labute approximate surface area is 98.7 Å².